The number of rotatable bonds is 5. The summed E-state index contributed by atoms with van der Waals surface area (Å²) < 4.78 is 0. The van der Waals surface area contributed by atoms with Crippen LogP contribution >= 0.6 is 0 Å². The molecule has 80 valence electrons. The first-order chi connectivity index (χ1) is 6.45. The number of hydrogen-bond acceptors (Lipinski definition) is 3. The fourth-order valence-electron chi connectivity index (χ4n) is 0.365. The lowest BCUT2D eigenvalue weighted by Gasteiger charge is -1.91. The highest BCUT2D eigenvalue weighted by atomic mass is 16.4. The number of aliphatic carboxylic acids is 2. The fraction of sp³-hybridized carbons (Fsp3) is 0.333. The van der Waals surface area contributed by atoms with Gasteiger partial charge in [0.1, 0.15) is 0 Å². The van der Waals surface area contributed by atoms with E-state index in [4.69, 9.17) is 15.3 Å². The third kappa shape index (κ3) is 13.0. The van der Waals surface area contributed by atoms with Gasteiger partial charge < -0.3 is 15.3 Å². The maximum absolute atomic E-state index is 9.88. The van der Waals surface area contributed by atoms with Crippen LogP contribution < -0.4 is 0 Å². The molecule has 3 N–H and O–H groups in total. The zero-order valence-corrected chi connectivity index (χ0v) is 7.77. The van der Waals surface area contributed by atoms with Gasteiger partial charge in [-0.3, -0.25) is 4.79 Å². The minimum absolute atomic E-state index is 0.0486. The van der Waals surface area contributed by atoms with Crippen molar-refractivity contribution in [2.75, 3.05) is 6.61 Å². The van der Waals surface area contributed by atoms with Crippen LogP contribution in [-0.2, 0) is 9.59 Å². The molecular formula is C9H14O5. The largest absolute Gasteiger partial charge is 0.481 e. The van der Waals surface area contributed by atoms with Crippen molar-refractivity contribution in [1.29, 1.82) is 0 Å². The topological polar surface area (TPSA) is 94.8 Å². The van der Waals surface area contributed by atoms with Crippen LogP contribution in [0.5, 0.6) is 0 Å². The summed E-state index contributed by atoms with van der Waals surface area (Å²) in [6.45, 7) is 6.26. The van der Waals surface area contributed by atoms with Gasteiger partial charge in [0.2, 0.25) is 0 Å². The van der Waals surface area contributed by atoms with Crippen molar-refractivity contribution in [3.05, 3.63) is 24.8 Å². The first-order valence-corrected chi connectivity index (χ1v) is 3.80. The predicted molar refractivity (Wildman–Crippen MR) is 50.9 cm³/mol. The van der Waals surface area contributed by atoms with Gasteiger partial charge in [-0.1, -0.05) is 12.7 Å². The minimum atomic E-state index is -1.04. The molecule has 0 bridgehead atoms. The molecular weight excluding hydrogens is 188 g/mol. The van der Waals surface area contributed by atoms with Crippen molar-refractivity contribution in [3.8, 4) is 0 Å². The number of carboxylic acids is 2. The van der Waals surface area contributed by atoms with Gasteiger partial charge >= 0.3 is 11.9 Å². The van der Waals surface area contributed by atoms with E-state index in [0.717, 1.165) is 0 Å². The van der Waals surface area contributed by atoms with Crippen LogP contribution in [0.2, 0.25) is 0 Å². The molecule has 0 aliphatic carbocycles. The monoisotopic (exact) mass is 202 g/mol. The van der Waals surface area contributed by atoms with Gasteiger partial charge in [-0.2, -0.15) is 0 Å². The Kier molecular flexibility index (Phi) is 10.1. The average molecular weight is 202 g/mol. The normalized spacial score (nSPS) is 8.07. The molecule has 0 heterocycles. The van der Waals surface area contributed by atoms with Crippen molar-refractivity contribution in [3.63, 3.8) is 0 Å². The van der Waals surface area contributed by atoms with Crippen molar-refractivity contribution < 1.29 is 24.9 Å². The van der Waals surface area contributed by atoms with Gasteiger partial charge in [0, 0.05) is 18.6 Å². The Labute approximate surface area is 82.0 Å². The van der Waals surface area contributed by atoms with Crippen molar-refractivity contribution in [1.82, 2.24) is 0 Å². The molecule has 0 aromatic carbocycles. The molecule has 14 heavy (non-hydrogen) atoms. The zero-order chi connectivity index (χ0) is 11.6. The van der Waals surface area contributed by atoms with Crippen LogP contribution in [0, 0.1) is 0 Å². The van der Waals surface area contributed by atoms with Gasteiger partial charge in [-0.25, -0.2) is 4.79 Å². The number of aliphatic hydroxyl groups is 1. The average Bonchev–Trinajstić information content (AvgIpc) is 2.05. The number of carboxylic acid groups (broad SMARTS) is 2. The van der Waals surface area contributed by atoms with E-state index in [0.29, 0.717) is 0 Å². The maximum atomic E-state index is 9.88. The Bertz CT molecular complexity index is 219. The SMILES string of the molecule is C=C(CCO)C(=O)O.C=CCC(=O)O. The predicted octanol–water partition coefficient (Wildman–Crippen LogP) is 0.657. The third-order valence-corrected chi connectivity index (χ3v) is 1.03. The Hall–Kier alpha value is -1.62. The van der Waals surface area contributed by atoms with Gasteiger partial charge in [0.25, 0.3) is 0 Å². The highest BCUT2D eigenvalue weighted by Crippen LogP contribution is 1.94. The molecule has 0 fully saturated rings. The molecule has 0 spiro atoms. The van der Waals surface area contributed by atoms with Crippen molar-refractivity contribution >= 4 is 11.9 Å². The first-order valence-electron chi connectivity index (χ1n) is 3.80. The molecule has 0 aromatic heterocycles. The Morgan fingerprint density at radius 1 is 1.29 bits per heavy atom. The van der Waals surface area contributed by atoms with Gasteiger partial charge in [-0.05, 0) is 0 Å². The molecule has 0 amide bonds. The quantitative estimate of drug-likeness (QED) is 0.449. The second-order valence-corrected chi connectivity index (χ2v) is 2.27. The molecule has 0 aromatic rings. The van der Waals surface area contributed by atoms with Crippen molar-refractivity contribution in [2.45, 2.75) is 12.8 Å². The van der Waals surface area contributed by atoms with Crippen LogP contribution in [0.1, 0.15) is 12.8 Å². The maximum Gasteiger partial charge on any atom is 0.331 e. The molecule has 5 nitrogen and oxygen atoms in total. The first kappa shape index (κ1) is 14.9. The molecule has 0 aliphatic rings. The van der Waals surface area contributed by atoms with Gasteiger partial charge in [0.15, 0.2) is 0 Å². The molecule has 5 heteroatoms. The van der Waals surface area contributed by atoms with E-state index >= 15 is 0 Å². The third-order valence-electron chi connectivity index (χ3n) is 1.03. The Balaban J connectivity index is 0. The molecule has 0 atom stereocenters. The van der Waals surface area contributed by atoms with Crippen LogP contribution in [0.25, 0.3) is 0 Å². The van der Waals surface area contributed by atoms with E-state index in [-0.39, 0.29) is 25.0 Å². The number of carbonyl (C=O) groups is 2. The van der Waals surface area contributed by atoms with Crippen LogP contribution in [0.3, 0.4) is 0 Å². The summed E-state index contributed by atoms with van der Waals surface area (Å²) in [6.07, 6.45) is 1.55. The van der Waals surface area contributed by atoms with Gasteiger partial charge in [0.05, 0.1) is 6.42 Å². The minimum Gasteiger partial charge on any atom is -0.481 e. The highest BCUT2D eigenvalue weighted by Gasteiger charge is 1.99. The smallest absolute Gasteiger partial charge is 0.331 e. The number of aliphatic hydroxyl groups excluding tert-OH is 1. The molecule has 0 saturated carbocycles. The Morgan fingerprint density at radius 2 is 1.79 bits per heavy atom. The van der Waals surface area contributed by atoms with E-state index in [1.807, 2.05) is 0 Å². The summed E-state index contributed by atoms with van der Waals surface area (Å²) in [5, 5.41) is 24.1. The van der Waals surface area contributed by atoms with Crippen LogP contribution in [0.15, 0.2) is 24.8 Å². The second-order valence-electron chi connectivity index (χ2n) is 2.27. The number of hydrogen-bond donors (Lipinski definition) is 3. The second kappa shape index (κ2) is 9.47. The molecule has 0 radical (unpaired) electrons. The fourth-order valence-corrected chi connectivity index (χ4v) is 0.365. The van der Waals surface area contributed by atoms with E-state index in [2.05, 4.69) is 13.2 Å². The summed E-state index contributed by atoms with van der Waals surface area (Å²) in [6, 6.07) is 0. The van der Waals surface area contributed by atoms with Gasteiger partial charge in [-0.15, -0.1) is 6.58 Å². The lowest BCUT2D eigenvalue weighted by Crippen LogP contribution is -2.00. The summed E-state index contributed by atoms with van der Waals surface area (Å²) >= 11 is 0. The lowest BCUT2D eigenvalue weighted by molar-refractivity contribution is -0.136. The molecule has 0 unspecified atom stereocenters. The summed E-state index contributed by atoms with van der Waals surface area (Å²) in [7, 11) is 0. The van der Waals surface area contributed by atoms with Crippen LogP contribution in [0.4, 0.5) is 0 Å². The molecule has 0 rings (SSSR count). The summed E-state index contributed by atoms with van der Waals surface area (Å²) in [5.41, 5.74) is 0.0486. The molecule has 0 aliphatic heterocycles. The van der Waals surface area contributed by atoms with E-state index in [9.17, 15) is 9.59 Å². The van der Waals surface area contributed by atoms with Crippen molar-refractivity contribution in [2.24, 2.45) is 0 Å². The zero-order valence-electron chi connectivity index (χ0n) is 7.77. The molecule has 0 saturated heterocycles. The van der Waals surface area contributed by atoms with E-state index < -0.39 is 11.9 Å². The van der Waals surface area contributed by atoms with E-state index in [1.54, 1.807) is 0 Å². The highest BCUT2D eigenvalue weighted by molar-refractivity contribution is 5.85. The van der Waals surface area contributed by atoms with Crippen LogP contribution in [-0.4, -0.2) is 33.9 Å². The summed E-state index contributed by atoms with van der Waals surface area (Å²) in [5.74, 6) is -1.87. The lowest BCUT2D eigenvalue weighted by atomic mass is 10.2. The summed E-state index contributed by atoms with van der Waals surface area (Å²) in [4.78, 5) is 19.4. The standard InChI is InChI=1S/C5H8O3.C4H6O2/c1-4(2-3-6)5(7)8;1-2-3-4(5)6/h6H,1-3H2,(H,7,8);2H,1,3H2,(H,5,6). The van der Waals surface area contributed by atoms with E-state index in [1.165, 1.54) is 6.08 Å². The Morgan fingerprint density at radius 3 is 1.86 bits per heavy atom.